The molecule has 1 fully saturated rings. The van der Waals surface area contributed by atoms with Crippen molar-refractivity contribution in [2.45, 2.75) is 25.3 Å². The SMILES string of the molecule is O=C1CN(C(=O)NCC2CC=CCC2)C(C(=O)O)CN1. The Morgan fingerprint density at radius 2 is 2.25 bits per heavy atom. The summed E-state index contributed by atoms with van der Waals surface area (Å²) in [5.74, 6) is -1.06. The third-order valence-corrected chi connectivity index (χ3v) is 3.65. The fraction of sp³-hybridized carbons (Fsp3) is 0.615. The second-order valence-corrected chi connectivity index (χ2v) is 5.12. The minimum Gasteiger partial charge on any atom is -0.480 e. The molecule has 1 saturated heterocycles. The number of nitrogens with zero attached hydrogens (tertiary/aromatic N) is 1. The fourth-order valence-electron chi connectivity index (χ4n) is 2.45. The molecule has 1 aliphatic heterocycles. The molecule has 0 aromatic carbocycles. The number of piperazine rings is 1. The van der Waals surface area contributed by atoms with E-state index in [9.17, 15) is 14.4 Å². The Morgan fingerprint density at radius 3 is 2.90 bits per heavy atom. The van der Waals surface area contributed by atoms with E-state index < -0.39 is 18.0 Å². The van der Waals surface area contributed by atoms with Gasteiger partial charge in [0, 0.05) is 13.1 Å². The van der Waals surface area contributed by atoms with Crippen LogP contribution >= 0.6 is 0 Å². The van der Waals surface area contributed by atoms with Crippen LogP contribution in [0.2, 0.25) is 0 Å². The predicted molar refractivity (Wildman–Crippen MR) is 71.0 cm³/mol. The predicted octanol–water partition coefficient (Wildman–Crippen LogP) is -0.0627. The van der Waals surface area contributed by atoms with Crippen LogP contribution in [0.1, 0.15) is 19.3 Å². The summed E-state index contributed by atoms with van der Waals surface area (Å²) in [7, 11) is 0. The van der Waals surface area contributed by atoms with Gasteiger partial charge in [-0.3, -0.25) is 9.69 Å². The topological polar surface area (TPSA) is 98.7 Å². The molecule has 0 saturated carbocycles. The van der Waals surface area contributed by atoms with E-state index in [0.717, 1.165) is 24.2 Å². The lowest BCUT2D eigenvalue weighted by Crippen LogP contribution is -2.61. The molecule has 110 valence electrons. The minimum absolute atomic E-state index is 0.0479. The summed E-state index contributed by atoms with van der Waals surface area (Å²) in [6.45, 7) is 0.245. The molecule has 0 spiro atoms. The van der Waals surface area contributed by atoms with E-state index in [2.05, 4.69) is 22.8 Å². The number of carbonyl (C=O) groups excluding carboxylic acids is 2. The van der Waals surface area contributed by atoms with Crippen molar-refractivity contribution in [2.24, 2.45) is 5.92 Å². The molecule has 3 amide bonds. The Bertz CT molecular complexity index is 435. The van der Waals surface area contributed by atoms with Crippen molar-refractivity contribution in [3.8, 4) is 0 Å². The molecular formula is C13H19N3O4. The van der Waals surface area contributed by atoms with Crippen molar-refractivity contribution in [2.75, 3.05) is 19.6 Å². The van der Waals surface area contributed by atoms with Crippen molar-refractivity contribution < 1.29 is 19.5 Å². The lowest BCUT2D eigenvalue weighted by molar-refractivity contribution is -0.144. The molecule has 2 unspecified atom stereocenters. The molecule has 0 radical (unpaired) electrons. The first-order chi connectivity index (χ1) is 9.58. The van der Waals surface area contributed by atoms with Crippen LogP contribution in [0.4, 0.5) is 4.79 Å². The van der Waals surface area contributed by atoms with Gasteiger partial charge in [-0.25, -0.2) is 9.59 Å². The zero-order valence-electron chi connectivity index (χ0n) is 11.2. The number of carboxylic acids is 1. The third-order valence-electron chi connectivity index (χ3n) is 3.65. The monoisotopic (exact) mass is 281 g/mol. The van der Waals surface area contributed by atoms with Crippen molar-refractivity contribution >= 4 is 17.9 Å². The average Bonchev–Trinajstić information content (AvgIpc) is 2.45. The summed E-state index contributed by atoms with van der Waals surface area (Å²) < 4.78 is 0. The first kappa shape index (κ1) is 14.4. The first-order valence-corrected chi connectivity index (χ1v) is 6.77. The Hall–Kier alpha value is -2.05. The van der Waals surface area contributed by atoms with E-state index in [4.69, 9.17) is 5.11 Å². The van der Waals surface area contributed by atoms with E-state index in [0.29, 0.717) is 12.5 Å². The second-order valence-electron chi connectivity index (χ2n) is 5.12. The summed E-state index contributed by atoms with van der Waals surface area (Å²) in [4.78, 5) is 35.6. The van der Waals surface area contributed by atoms with Crippen molar-refractivity contribution in [3.05, 3.63) is 12.2 Å². The molecule has 1 aliphatic carbocycles. The minimum atomic E-state index is -1.11. The Balaban J connectivity index is 1.89. The number of rotatable bonds is 3. The molecule has 0 bridgehead atoms. The van der Waals surface area contributed by atoms with Gasteiger partial charge in [-0.1, -0.05) is 12.2 Å². The van der Waals surface area contributed by atoms with Crippen LogP contribution in [-0.4, -0.2) is 53.6 Å². The summed E-state index contributed by atoms with van der Waals surface area (Å²) in [5.41, 5.74) is 0. The summed E-state index contributed by atoms with van der Waals surface area (Å²) in [6.07, 6.45) is 7.15. The van der Waals surface area contributed by atoms with Crippen LogP contribution in [0.3, 0.4) is 0 Å². The molecule has 0 aromatic heterocycles. The molecule has 2 aliphatic rings. The summed E-state index contributed by atoms with van der Waals surface area (Å²) >= 11 is 0. The van der Waals surface area contributed by atoms with Gasteiger partial charge >= 0.3 is 12.0 Å². The van der Waals surface area contributed by atoms with Gasteiger partial charge in [-0.05, 0) is 25.2 Å². The Morgan fingerprint density at radius 1 is 1.45 bits per heavy atom. The first-order valence-electron chi connectivity index (χ1n) is 6.77. The van der Waals surface area contributed by atoms with Gasteiger partial charge in [0.05, 0.1) is 0 Å². The van der Waals surface area contributed by atoms with Gasteiger partial charge in [0.1, 0.15) is 12.6 Å². The standard InChI is InChI=1S/C13H19N3O4/c17-11-8-16(10(7-14-11)12(18)19)13(20)15-6-9-4-2-1-3-5-9/h1-2,9-10H,3-8H2,(H,14,17)(H,15,20)(H,18,19). The highest BCUT2D eigenvalue weighted by atomic mass is 16.4. The maximum absolute atomic E-state index is 12.1. The number of allylic oxidation sites excluding steroid dienone is 2. The largest absolute Gasteiger partial charge is 0.480 e. The van der Waals surface area contributed by atoms with Gasteiger partial charge in [0.15, 0.2) is 0 Å². The summed E-state index contributed by atoms with van der Waals surface area (Å²) in [6, 6.07) is -1.49. The van der Waals surface area contributed by atoms with E-state index in [-0.39, 0.29) is 19.0 Å². The van der Waals surface area contributed by atoms with Gasteiger partial charge in [-0.2, -0.15) is 0 Å². The lowest BCUT2D eigenvalue weighted by Gasteiger charge is -2.33. The van der Waals surface area contributed by atoms with Crippen molar-refractivity contribution in [1.29, 1.82) is 0 Å². The van der Waals surface area contributed by atoms with Gasteiger partial charge in [0.25, 0.3) is 0 Å². The number of carboxylic acid groups (broad SMARTS) is 1. The van der Waals surface area contributed by atoms with Crippen LogP contribution in [0.15, 0.2) is 12.2 Å². The number of urea groups is 1. The van der Waals surface area contributed by atoms with Gasteiger partial charge < -0.3 is 15.7 Å². The smallest absolute Gasteiger partial charge is 0.328 e. The van der Waals surface area contributed by atoms with Crippen molar-refractivity contribution in [3.63, 3.8) is 0 Å². The van der Waals surface area contributed by atoms with E-state index >= 15 is 0 Å². The lowest BCUT2D eigenvalue weighted by atomic mass is 9.94. The maximum Gasteiger partial charge on any atom is 0.328 e. The van der Waals surface area contributed by atoms with E-state index in [1.807, 2.05) is 0 Å². The number of hydrogen-bond acceptors (Lipinski definition) is 3. The average molecular weight is 281 g/mol. The van der Waals surface area contributed by atoms with E-state index in [1.165, 1.54) is 0 Å². The third kappa shape index (κ3) is 3.49. The van der Waals surface area contributed by atoms with Crippen molar-refractivity contribution in [1.82, 2.24) is 15.5 Å². The maximum atomic E-state index is 12.1. The normalized spacial score (nSPS) is 26.0. The molecular weight excluding hydrogens is 262 g/mol. The molecule has 20 heavy (non-hydrogen) atoms. The number of carbonyl (C=O) groups is 3. The molecule has 0 aromatic rings. The van der Waals surface area contributed by atoms with Gasteiger partial charge in [0.2, 0.25) is 5.91 Å². The van der Waals surface area contributed by atoms with Crippen LogP contribution in [0.25, 0.3) is 0 Å². The number of hydrogen-bond donors (Lipinski definition) is 3. The fourth-order valence-corrected chi connectivity index (χ4v) is 2.45. The van der Waals surface area contributed by atoms with Crippen LogP contribution in [0.5, 0.6) is 0 Å². The van der Waals surface area contributed by atoms with Gasteiger partial charge in [-0.15, -0.1) is 0 Å². The molecule has 7 heteroatoms. The summed E-state index contributed by atoms with van der Waals surface area (Å²) in [5, 5.41) is 14.3. The zero-order chi connectivity index (χ0) is 14.5. The van der Waals surface area contributed by atoms with Crippen LogP contribution in [0, 0.1) is 5.92 Å². The second kappa shape index (κ2) is 6.40. The number of amides is 3. The molecule has 7 nitrogen and oxygen atoms in total. The quantitative estimate of drug-likeness (QED) is 0.631. The molecule has 3 N–H and O–H groups in total. The molecule has 2 atom stereocenters. The Kier molecular flexibility index (Phi) is 4.60. The molecule has 1 heterocycles. The highest BCUT2D eigenvalue weighted by Crippen LogP contribution is 2.17. The molecule has 2 rings (SSSR count). The highest BCUT2D eigenvalue weighted by molar-refractivity contribution is 5.90. The van der Waals surface area contributed by atoms with E-state index in [1.54, 1.807) is 0 Å². The van der Waals surface area contributed by atoms with Crippen LogP contribution in [-0.2, 0) is 9.59 Å². The Labute approximate surface area is 117 Å². The van der Waals surface area contributed by atoms with Crippen LogP contribution < -0.4 is 10.6 Å². The zero-order valence-corrected chi connectivity index (χ0v) is 11.2. The highest BCUT2D eigenvalue weighted by Gasteiger charge is 2.35. The number of nitrogens with one attached hydrogen (secondary N) is 2. The number of aliphatic carboxylic acids is 1.